The summed E-state index contributed by atoms with van der Waals surface area (Å²) in [7, 11) is 6.75. The Bertz CT molecular complexity index is 240. The lowest BCUT2D eigenvalue weighted by atomic mass is 10.1. The van der Waals surface area contributed by atoms with Crippen LogP contribution in [0.1, 0.15) is 0 Å². The molecule has 0 unspecified atom stereocenters. The number of aromatic nitrogens is 2. The number of hydrogen-bond acceptors (Lipinski definition) is 4. The molecule has 0 aliphatic rings. The van der Waals surface area contributed by atoms with Crippen LogP contribution in [0.5, 0.6) is 5.88 Å². The minimum atomic E-state index is 0.247. The second kappa shape index (κ2) is 2.55. The highest BCUT2D eigenvalue weighted by Crippen LogP contribution is 2.09. The second-order valence-electron chi connectivity index (χ2n) is 1.69. The van der Waals surface area contributed by atoms with Crippen LogP contribution in [0.15, 0.2) is 6.20 Å². The van der Waals surface area contributed by atoms with Crippen LogP contribution >= 0.6 is 0 Å². The van der Waals surface area contributed by atoms with Gasteiger partial charge in [0.15, 0.2) is 5.82 Å². The maximum absolute atomic E-state index is 5.35. The predicted octanol–water partition coefficient (Wildman–Crippen LogP) is -1.14. The third-order valence-electron chi connectivity index (χ3n) is 0.979. The van der Waals surface area contributed by atoms with Gasteiger partial charge in [0.05, 0.1) is 7.11 Å². The average molecular weight is 135 g/mol. The van der Waals surface area contributed by atoms with E-state index in [1.807, 2.05) is 0 Å². The molecule has 0 saturated carbocycles. The number of anilines is 1. The standard InChI is InChI=1S/C5H6BN3O/c1-10-5-4(7)8-2-3(6)9-5/h2H,1H3,(H2,7,8). The van der Waals surface area contributed by atoms with E-state index in [1.165, 1.54) is 13.3 Å². The number of ether oxygens (including phenoxy) is 1. The zero-order chi connectivity index (χ0) is 7.56. The summed E-state index contributed by atoms with van der Waals surface area (Å²) in [6, 6.07) is 0. The van der Waals surface area contributed by atoms with Crippen molar-refractivity contribution >= 4 is 19.3 Å². The highest BCUT2D eigenvalue weighted by molar-refractivity contribution is 6.30. The second-order valence-corrected chi connectivity index (χ2v) is 1.69. The first-order valence-electron chi connectivity index (χ1n) is 2.66. The smallest absolute Gasteiger partial charge is 0.256 e. The van der Waals surface area contributed by atoms with Crippen LogP contribution in [0.2, 0.25) is 0 Å². The Morgan fingerprint density at radius 1 is 1.70 bits per heavy atom. The minimum absolute atomic E-state index is 0.247. The van der Waals surface area contributed by atoms with E-state index < -0.39 is 0 Å². The van der Waals surface area contributed by atoms with Crippen LogP contribution in [-0.2, 0) is 0 Å². The molecule has 5 heteroatoms. The van der Waals surface area contributed by atoms with Crippen molar-refractivity contribution in [3.8, 4) is 5.88 Å². The Morgan fingerprint density at radius 2 is 2.40 bits per heavy atom. The zero-order valence-corrected chi connectivity index (χ0v) is 5.53. The van der Waals surface area contributed by atoms with E-state index in [2.05, 4.69) is 9.97 Å². The molecule has 2 radical (unpaired) electrons. The highest BCUT2D eigenvalue weighted by Gasteiger charge is 1.99. The highest BCUT2D eigenvalue weighted by atomic mass is 16.5. The lowest BCUT2D eigenvalue weighted by molar-refractivity contribution is 0.399. The van der Waals surface area contributed by atoms with Gasteiger partial charge in [-0.3, -0.25) is 0 Å². The van der Waals surface area contributed by atoms with Crippen LogP contribution in [0.3, 0.4) is 0 Å². The Hall–Kier alpha value is -1.26. The Balaban J connectivity index is 3.09. The van der Waals surface area contributed by atoms with Gasteiger partial charge >= 0.3 is 0 Å². The van der Waals surface area contributed by atoms with Crippen molar-refractivity contribution in [3.63, 3.8) is 0 Å². The molecule has 0 bridgehead atoms. The van der Waals surface area contributed by atoms with Gasteiger partial charge in [-0.2, -0.15) is 0 Å². The van der Waals surface area contributed by atoms with Gasteiger partial charge in [0.2, 0.25) is 0 Å². The summed E-state index contributed by atoms with van der Waals surface area (Å²) >= 11 is 0. The summed E-state index contributed by atoms with van der Waals surface area (Å²) in [4.78, 5) is 7.47. The molecule has 0 amide bonds. The van der Waals surface area contributed by atoms with Crippen molar-refractivity contribution in [1.82, 2.24) is 9.97 Å². The van der Waals surface area contributed by atoms with Gasteiger partial charge in [0.25, 0.3) is 5.88 Å². The summed E-state index contributed by atoms with van der Waals surface area (Å²) in [5.41, 5.74) is 5.64. The average Bonchev–Trinajstić information content (AvgIpc) is 1.94. The summed E-state index contributed by atoms with van der Waals surface area (Å²) in [5.74, 6) is 0.511. The van der Waals surface area contributed by atoms with E-state index in [4.69, 9.17) is 18.3 Å². The molecule has 0 aromatic carbocycles. The van der Waals surface area contributed by atoms with E-state index in [-0.39, 0.29) is 11.7 Å². The van der Waals surface area contributed by atoms with E-state index in [9.17, 15) is 0 Å². The van der Waals surface area contributed by atoms with Crippen molar-refractivity contribution in [2.75, 3.05) is 12.8 Å². The first-order chi connectivity index (χ1) is 4.74. The zero-order valence-electron chi connectivity index (χ0n) is 5.53. The van der Waals surface area contributed by atoms with E-state index in [1.54, 1.807) is 0 Å². The topological polar surface area (TPSA) is 61.0 Å². The van der Waals surface area contributed by atoms with Crippen LogP contribution < -0.4 is 16.1 Å². The molecular formula is C5H6BN3O. The SMILES string of the molecule is [B]c1cnc(N)c(OC)n1. The predicted molar refractivity (Wildman–Crippen MR) is 38.4 cm³/mol. The molecule has 0 aliphatic carbocycles. The quantitative estimate of drug-likeness (QED) is 0.494. The van der Waals surface area contributed by atoms with Crippen LogP contribution in [0, 0.1) is 0 Å². The van der Waals surface area contributed by atoms with Crippen molar-refractivity contribution in [1.29, 1.82) is 0 Å². The van der Waals surface area contributed by atoms with Gasteiger partial charge < -0.3 is 10.5 Å². The first-order valence-corrected chi connectivity index (χ1v) is 2.66. The third-order valence-corrected chi connectivity index (χ3v) is 0.979. The van der Waals surface area contributed by atoms with Gasteiger partial charge in [-0.1, -0.05) is 0 Å². The Labute approximate surface area is 59.8 Å². The monoisotopic (exact) mass is 135 g/mol. The number of rotatable bonds is 1. The third kappa shape index (κ3) is 1.18. The fraction of sp³-hybridized carbons (Fsp3) is 0.200. The molecular weight excluding hydrogens is 129 g/mol. The molecule has 4 nitrogen and oxygen atoms in total. The summed E-state index contributed by atoms with van der Waals surface area (Å²) in [6.07, 6.45) is 1.37. The Kier molecular flexibility index (Phi) is 1.75. The molecule has 1 aromatic rings. The molecule has 0 spiro atoms. The van der Waals surface area contributed by atoms with Gasteiger partial charge in [0.1, 0.15) is 7.85 Å². The van der Waals surface area contributed by atoms with E-state index >= 15 is 0 Å². The maximum Gasteiger partial charge on any atom is 0.256 e. The molecule has 10 heavy (non-hydrogen) atoms. The van der Waals surface area contributed by atoms with Crippen LogP contribution in [0.4, 0.5) is 5.82 Å². The maximum atomic E-state index is 5.35. The van der Waals surface area contributed by atoms with E-state index in [0.717, 1.165) is 0 Å². The molecule has 0 saturated heterocycles. The van der Waals surface area contributed by atoms with Crippen molar-refractivity contribution in [3.05, 3.63) is 6.20 Å². The lowest BCUT2D eigenvalue weighted by Gasteiger charge is -2.01. The fourth-order valence-electron chi connectivity index (χ4n) is 0.545. The number of nitrogens with zero attached hydrogens (tertiary/aromatic N) is 2. The lowest BCUT2D eigenvalue weighted by Crippen LogP contribution is -2.12. The molecule has 1 heterocycles. The summed E-state index contributed by atoms with van der Waals surface area (Å²) < 4.78 is 4.75. The molecule has 50 valence electrons. The van der Waals surface area contributed by atoms with Gasteiger partial charge in [0, 0.05) is 11.8 Å². The van der Waals surface area contributed by atoms with Crippen LogP contribution in [0.25, 0.3) is 0 Å². The summed E-state index contributed by atoms with van der Waals surface area (Å²) in [6.45, 7) is 0. The number of nitrogens with two attached hydrogens (primary N) is 1. The summed E-state index contributed by atoms with van der Waals surface area (Å²) in [5, 5.41) is 0. The molecule has 0 fully saturated rings. The fourth-order valence-corrected chi connectivity index (χ4v) is 0.545. The van der Waals surface area contributed by atoms with Crippen LogP contribution in [-0.4, -0.2) is 24.9 Å². The molecule has 0 atom stereocenters. The number of nitrogen functional groups attached to an aromatic ring is 1. The Morgan fingerprint density at radius 3 is 2.90 bits per heavy atom. The van der Waals surface area contributed by atoms with Crippen molar-refractivity contribution < 1.29 is 4.74 Å². The van der Waals surface area contributed by atoms with Gasteiger partial charge in [-0.05, 0) is 0 Å². The van der Waals surface area contributed by atoms with Crippen molar-refractivity contribution in [2.45, 2.75) is 0 Å². The molecule has 2 N–H and O–H groups in total. The molecule has 0 aliphatic heterocycles. The minimum Gasteiger partial charge on any atom is -0.478 e. The van der Waals surface area contributed by atoms with E-state index in [0.29, 0.717) is 5.59 Å². The first kappa shape index (κ1) is 6.86. The number of methoxy groups -OCH3 is 1. The van der Waals surface area contributed by atoms with Gasteiger partial charge in [-0.15, -0.1) is 0 Å². The number of hydrogen-bond donors (Lipinski definition) is 1. The van der Waals surface area contributed by atoms with Gasteiger partial charge in [-0.25, -0.2) is 9.97 Å². The van der Waals surface area contributed by atoms with Crippen molar-refractivity contribution in [2.24, 2.45) is 0 Å². The molecule has 1 rings (SSSR count). The normalized spacial score (nSPS) is 9.30. The largest absolute Gasteiger partial charge is 0.478 e. The molecule has 1 aromatic heterocycles.